The van der Waals surface area contributed by atoms with Crippen molar-refractivity contribution in [3.63, 3.8) is 0 Å². The van der Waals surface area contributed by atoms with Crippen molar-refractivity contribution in [3.8, 4) is 0 Å². The Bertz CT molecular complexity index is 613. The molecule has 136 valence electrons. The molecule has 1 fully saturated rings. The van der Waals surface area contributed by atoms with Crippen molar-refractivity contribution in [1.29, 1.82) is 0 Å². The van der Waals surface area contributed by atoms with Gasteiger partial charge in [-0.1, -0.05) is 11.6 Å². The maximum Gasteiger partial charge on any atom is 0.409 e. The molecule has 2 N–H and O–H groups in total. The lowest BCUT2D eigenvalue weighted by Crippen LogP contribution is -2.47. The molecule has 3 amide bonds. The van der Waals surface area contributed by atoms with E-state index in [1.54, 1.807) is 36.1 Å². The van der Waals surface area contributed by atoms with Crippen LogP contribution in [-0.4, -0.2) is 48.5 Å². The van der Waals surface area contributed by atoms with Gasteiger partial charge in [0.05, 0.1) is 6.61 Å². The number of carbonyl (C=O) groups excluding carboxylic acids is 3. The molecule has 1 aliphatic rings. The third-order valence-electron chi connectivity index (χ3n) is 3.84. The van der Waals surface area contributed by atoms with Crippen LogP contribution in [0.5, 0.6) is 0 Å². The van der Waals surface area contributed by atoms with Gasteiger partial charge in [0.1, 0.15) is 6.42 Å². The molecule has 2 rings (SSSR count). The van der Waals surface area contributed by atoms with Crippen LogP contribution in [0.1, 0.15) is 26.2 Å². The summed E-state index contributed by atoms with van der Waals surface area (Å²) in [5, 5.41) is 6.06. The van der Waals surface area contributed by atoms with E-state index < -0.39 is 0 Å². The number of anilines is 1. The molecule has 25 heavy (non-hydrogen) atoms. The molecule has 1 heterocycles. The Morgan fingerprint density at radius 1 is 1.16 bits per heavy atom. The van der Waals surface area contributed by atoms with Gasteiger partial charge in [-0.2, -0.15) is 0 Å². The molecule has 0 spiro atoms. The molecular formula is C17H22ClN3O4. The van der Waals surface area contributed by atoms with Gasteiger partial charge in [-0.05, 0) is 44.0 Å². The van der Waals surface area contributed by atoms with Crippen LogP contribution in [0, 0.1) is 0 Å². The van der Waals surface area contributed by atoms with Gasteiger partial charge in [0.2, 0.25) is 11.8 Å². The van der Waals surface area contributed by atoms with E-state index in [-0.39, 0.29) is 30.4 Å². The molecule has 0 aliphatic carbocycles. The molecule has 0 atom stereocenters. The molecule has 7 nitrogen and oxygen atoms in total. The second-order valence-electron chi connectivity index (χ2n) is 5.76. The van der Waals surface area contributed by atoms with Crippen molar-refractivity contribution >= 4 is 35.2 Å². The third-order valence-corrected chi connectivity index (χ3v) is 4.09. The van der Waals surface area contributed by atoms with Crippen LogP contribution in [-0.2, 0) is 14.3 Å². The van der Waals surface area contributed by atoms with E-state index in [1.165, 1.54) is 0 Å². The Morgan fingerprint density at radius 2 is 1.80 bits per heavy atom. The van der Waals surface area contributed by atoms with Gasteiger partial charge in [-0.15, -0.1) is 0 Å². The van der Waals surface area contributed by atoms with Gasteiger partial charge in [0, 0.05) is 29.8 Å². The van der Waals surface area contributed by atoms with E-state index in [0.29, 0.717) is 43.2 Å². The quantitative estimate of drug-likeness (QED) is 0.782. The van der Waals surface area contributed by atoms with E-state index in [9.17, 15) is 14.4 Å². The van der Waals surface area contributed by atoms with Crippen molar-refractivity contribution in [3.05, 3.63) is 29.3 Å². The zero-order valence-corrected chi connectivity index (χ0v) is 14.8. The molecule has 0 aromatic heterocycles. The van der Waals surface area contributed by atoms with Crippen LogP contribution < -0.4 is 10.6 Å². The van der Waals surface area contributed by atoms with Gasteiger partial charge >= 0.3 is 6.09 Å². The number of likely N-dealkylation sites (tertiary alicyclic amines) is 1. The number of hydrogen-bond acceptors (Lipinski definition) is 4. The summed E-state index contributed by atoms with van der Waals surface area (Å²) in [5.74, 6) is -0.718. The van der Waals surface area contributed by atoms with Crippen molar-refractivity contribution in [2.45, 2.75) is 32.2 Å². The Morgan fingerprint density at radius 3 is 2.40 bits per heavy atom. The number of piperidine rings is 1. The highest BCUT2D eigenvalue weighted by Gasteiger charge is 2.24. The summed E-state index contributed by atoms with van der Waals surface area (Å²) >= 11 is 5.78. The van der Waals surface area contributed by atoms with Crippen molar-refractivity contribution in [2.24, 2.45) is 0 Å². The summed E-state index contributed by atoms with van der Waals surface area (Å²) < 4.78 is 4.95. The Kier molecular flexibility index (Phi) is 7.06. The number of halogens is 1. The van der Waals surface area contributed by atoms with Gasteiger partial charge in [-0.3, -0.25) is 9.59 Å². The third kappa shape index (κ3) is 6.26. The van der Waals surface area contributed by atoms with Gasteiger partial charge in [-0.25, -0.2) is 4.79 Å². The normalized spacial score (nSPS) is 14.7. The fourth-order valence-corrected chi connectivity index (χ4v) is 2.71. The Labute approximate surface area is 151 Å². The monoisotopic (exact) mass is 367 g/mol. The lowest BCUT2D eigenvalue weighted by atomic mass is 10.1. The van der Waals surface area contributed by atoms with E-state index >= 15 is 0 Å². The van der Waals surface area contributed by atoms with E-state index in [2.05, 4.69) is 10.6 Å². The maximum absolute atomic E-state index is 12.0. The molecule has 1 aromatic carbocycles. The lowest BCUT2D eigenvalue weighted by Gasteiger charge is -2.31. The highest BCUT2D eigenvalue weighted by Crippen LogP contribution is 2.14. The number of ether oxygens (including phenoxy) is 1. The first-order chi connectivity index (χ1) is 12.0. The standard InChI is InChI=1S/C17H22ClN3O4/c1-2-25-17(24)21-9-7-14(8-10-21)20-16(23)11-15(22)19-13-5-3-12(18)4-6-13/h3-6,14H,2,7-11H2,1H3,(H,19,22)(H,20,23). The van der Waals surface area contributed by atoms with Crippen LogP contribution in [0.15, 0.2) is 24.3 Å². The number of nitrogens with zero attached hydrogens (tertiary/aromatic N) is 1. The first kappa shape index (κ1) is 19.1. The minimum atomic E-state index is -0.385. The number of rotatable bonds is 5. The van der Waals surface area contributed by atoms with Crippen molar-refractivity contribution < 1.29 is 19.1 Å². The molecular weight excluding hydrogens is 346 g/mol. The molecule has 0 bridgehead atoms. The van der Waals surface area contributed by atoms with E-state index in [0.717, 1.165) is 0 Å². The highest BCUT2D eigenvalue weighted by atomic mass is 35.5. The second-order valence-corrected chi connectivity index (χ2v) is 6.20. The van der Waals surface area contributed by atoms with E-state index in [1.807, 2.05) is 0 Å². The predicted octanol–water partition coefficient (Wildman–Crippen LogP) is 2.41. The summed E-state index contributed by atoms with van der Waals surface area (Å²) in [5.41, 5.74) is 0.588. The average Bonchev–Trinajstić information content (AvgIpc) is 2.57. The summed E-state index contributed by atoms with van der Waals surface area (Å²) in [7, 11) is 0. The second kappa shape index (κ2) is 9.27. The van der Waals surface area contributed by atoms with Crippen molar-refractivity contribution in [2.75, 3.05) is 25.0 Å². The maximum atomic E-state index is 12.0. The number of benzene rings is 1. The summed E-state index contributed by atoms with van der Waals surface area (Å²) in [4.78, 5) is 37.1. The molecule has 8 heteroatoms. The first-order valence-corrected chi connectivity index (χ1v) is 8.62. The summed E-state index contributed by atoms with van der Waals surface area (Å²) in [6, 6.07) is 6.62. The van der Waals surface area contributed by atoms with Crippen LogP contribution >= 0.6 is 11.6 Å². The number of nitrogens with one attached hydrogen (secondary N) is 2. The number of carbonyl (C=O) groups is 3. The first-order valence-electron chi connectivity index (χ1n) is 8.24. The summed E-state index contributed by atoms with van der Waals surface area (Å²) in [6.07, 6.45) is 0.711. The van der Waals surface area contributed by atoms with Crippen molar-refractivity contribution in [1.82, 2.24) is 10.2 Å². The minimum absolute atomic E-state index is 0.0403. The predicted molar refractivity (Wildman–Crippen MR) is 94.5 cm³/mol. The largest absolute Gasteiger partial charge is 0.450 e. The molecule has 0 radical (unpaired) electrons. The fraction of sp³-hybridized carbons (Fsp3) is 0.471. The zero-order valence-electron chi connectivity index (χ0n) is 14.1. The van der Waals surface area contributed by atoms with Gasteiger partial charge < -0.3 is 20.3 Å². The van der Waals surface area contributed by atoms with E-state index in [4.69, 9.17) is 16.3 Å². The topological polar surface area (TPSA) is 87.7 Å². The van der Waals surface area contributed by atoms with Crippen LogP contribution in [0.25, 0.3) is 0 Å². The molecule has 1 aromatic rings. The highest BCUT2D eigenvalue weighted by molar-refractivity contribution is 6.30. The lowest BCUT2D eigenvalue weighted by molar-refractivity contribution is -0.127. The van der Waals surface area contributed by atoms with Crippen LogP contribution in [0.4, 0.5) is 10.5 Å². The Balaban J connectivity index is 1.71. The summed E-state index contributed by atoms with van der Waals surface area (Å²) in [6.45, 7) is 3.17. The SMILES string of the molecule is CCOC(=O)N1CCC(NC(=O)CC(=O)Nc2ccc(Cl)cc2)CC1. The zero-order chi connectivity index (χ0) is 18.2. The molecule has 0 unspecified atom stereocenters. The van der Waals surface area contributed by atoms with Gasteiger partial charge in [0.25, 0.3) is 0 Å². The molecule has 1 saturated heterocycles. The Hall–Kier alpha value is -2.28. The number of amides is 3. The van der Waals surface area contributed by atoms with Crippen LogP contribution in [0.2, 0.25) is 5.02 Å². The average molecular weight is 368 g/mol. The van der Waals surface area contributed by atoms with Crippen LogP contribution in [0.3, 0.4) is 0 Å². The number of hydrogen-bond donors (Lipinski definition) is 2. The van der Waals surface area contributed by atoms with Gasteiger partial charge in [0.15, 0.2) is 0 Å². The minimum Gasteiger partial charge on any atom is -0.450 e. The smallest absolute Gasteiger partial charge is 0.409 e. The molecule has 0 saturated carbocycles. The molecule has 1 aliphatic heterocycles. The fourth-order valence-electron chi connectivity index (χ4n) is 2.58.